The van der Waals surface area contributed by atoms with Gasteiger partial charge in [-0.15, -0.1) is 0 Å². The molecule has 1 heterocycles. The van der Waals surface area contributed by atoms with E-state index in [4.69, 9.17) is 4.74 Å². The van der Waals surface area contributed by atoms with Crippen LogP contribution in [0.2, 0.25) is 0 Å². The third kappa shape index (κ3) is 2.93. The van der Waals surface area contributed by atoms with Gasteiger partial charge in [-0.05, 0) is 31.3 Å². The molecule has 0 aliphatic heterocycles. The molecule has 100 valence electrons. The van der Waals surface area contributed by atoms with Crippen molar-refractivity contribution in [2.75, 3.05) is 14.2 Å². The lowest BCUT2D eigenvalue weighted by Gasteiger charge is -2.19. The number of hydrogen-bond donors (Lipinski definition) is 1. The number of benzene rings is 1. The first-order valence-electron chi connectivity index (χ1n) is 5.78. The number of methoxy groups -OCH3 is 1. The molecule has 2 aromatic rings. The first kappa shape index (κ1) is 14.0. The van der Waals surface area contributed by atoms with Crippen molar-refractivity contribution >= 4 is 15.9 Å². The molecular weight excluding hydrogens is 311 g/mol. The summed E-state index contributed by atoms with van der Waals surface area (Å²) in [4.78, 5) is 4.15. The van der Waals surface area contributed by atoms with Crippen LogP contribution in [0.15, 0.2) is 41.0 Å². The highest BCUT2D eigenvalue weighted by molar-refractivity contribution is 9.10. The number of nitrogens with one attached hydrogen (secondary N) is 1. The Labute approximate surface area is 119 Å². The van der Waals surface area contributed by atoms with Crippen LogP contribution in [-0.4, -0.2) is 19.1 Å². The van der Waals surface area contributed by atoms with Gasteiger partial charge in [0.25, 0.3) is 0 Å². The number of hydrogen-bond acceptors (Lipinski definition) is 3. The normalized spacial score (nSPS) is 12.2. The molecule has 0 saturated carbocycles. The van der Waals surface area contributed by atoms with E-state index in [1.165, 1.54) is 6.07 Å². The van der Waals surface area contributed by atoms with Gasteiger partial charge in [0.1, 0.15) is 5.82 Å². The molecule has 2 rings (SSSR count). The molecule has 0 saturated heterocycles. The molecule has 0 spiro atoms. The first-order valence-corrected chi connectivity index (χ1v) is 6.57. The minimum Gasteiger partial charge on any atom is -0.481 e. The average molecular weight is 325 g/mol. The van der Waals surface area contributed by atoms with Gasteiger partial charge in [-0.1, -0.05) is 22.0 Å². The number of rotatable bonds is 4. The summed E-state index contributed by atoms with van der Waals surface area (Å²) in [5, 5.41) is 3.10. The molecule has 0 aliphatic rings. The van der Waals surface area contributed by atoms with Crippen LogP contribution in [0.3, 0.4) is 0 Å². The zero-order valence-electron chi connectivity index (χ0n) is 10.7. The van der Waals surface area contributed by atoms with Crippen molar-refractivity contribution in [1.29, 1.82) is 0 Å². The minimum atomic E-state index is -0.318. The van der Waals surface area contributed by atoms with Crippen LogP contribution >= 0.6 is 15.9 Å². The Morgan fingerprint density at radius 2 is 2.11 bits per heavy atom. The standard InChI is InChI=1S/C14H14BrFN2O/c1-17-13(10-4-3-7-18-14(10)19-2)11-8-9(15)5-6-12(11)16/h3-8,13,17H,1-2H3. The van der Waals surface area contributed by atoms with E-state index in [1.807, 2.05) is 6.07 Å². The fourth-order valence-electron chi connectivity index (χ4n) is 2.01. The van der Waals surface area contributed by atoms with Crippen LogP contribution in [0.4, 0.5) is 4.39 Å². The van der Waals surface area contributed by atoms with Gasteiger partial charge in [0.05, 0.1) is 13.2 Å². The molecular formula is C14H14BrFN2O. The lowest BCUT2D eigenvalue weighted by molar-refractivity contribution is 0.387. The molecule has 19 heavy (non-hydrogen) atoms. The summed E-state index contributed by atoms with van der Waals surface area (Å²) in [5.41, 5.74) is 1.34. The quantitative estimate of drug-likeness (QED) is 0.937. The number of pyridine rings is 1. The fourth-order valence-corrected chi connectivity index (χ4v) is 2.39. The third-order valence-corrected chi connectivity index (χ3v) is 3.36. The molecule has 0 fully saturated rings. The SMILES string of the molecule is CNC(c1cc(Br)ccc1F)c1cccnc1OC. The van der Waals surface area contributed by atoms with Gasteiger partial charge in [-0.2, -0.15) is 0 Å². The van der Waals surface area contributed by atoms with E-state index in [-0.39, 0.29) is 11.9 Å². The molecule has 0 aliphatic carbocycles. The van der Waals surface area contributed by atoms with Crippen LogP contribution in [0.1, 0.15) is 17.2 Å². The van der Waals surface area contributed by atoms with E-state index < -0.39 is 0 Å². The van der Waals surface area contributed by atoms with E-state index in [1.54, 1.807) is 38.6 Å². The van der Waals surface area contributed by atoms with E-state index in [0.29, 0.717) is 11.4 Å². The van der Waals surface area contributed by atoms with Gasteiger partial charge in [-0.25, -0.2) is 9.37 Å². The van der Waals surface area contributed by atoms with Gasteiger partial charge < -0.3 is 10.1 Å². The number of ether oxygens (including phenoxy) is 1. The summed E-state index contributed by atoms with van der Waals surface area (Å²) in [6.07, 6.45) is 1.65. The van der Waals surface area contributed by atoms with Crippen molar-refractivity contribution in [1.82, 2.24) is 10.3 Å². The maximum absolute atomic E-state index is 14.0. The summed E-state index contributed by atoms with van der Waals surface area (Å²) in [6.45, 7) is 0. The van der Waals surface area contributed by atoms with Crippen LogP contribution in [0.25, 0.3) is 0 Å². The van der Waals surface area contributed by atoms with Gasteiger partial charge in [0, 0.05) is 21.8 Å². The minimum absolute atomic E-state index is 0.270. The second kappa shape index (κ2) is 6.12. The van der Waals surface area contributed by atoms with E-state index in [0.717, 1.165) is 10.0 Å². The summed E-state index contributed by atoms with van der Waals surface area (Å²) < 4.78 is 20.1. The summed E-state index contributed by atoms with van der Waals surface area (Å²) in [5.74, 6) is 0.217. The van der Waals surface area contributed by atoms with Gasteiger partial charge >= 0.3 is 0 Å². The van der Waals surface area contributed by atoms with Crippen molar-refractivity contribution in [2.24, 2.45) is 0 Å². The molecule has 3 nitrogen and oxygen atoms in total. The Bertz CT molecular complexity index is 577. The topological polar surface area (TPSA) is 34.2 Å². The predicted molar refractivity (Wildman–Crippen MR) is 75.8 cm³/mol. The molecule has 5 heteroatoms. The molecule has 0 bridgehead atoms. The second-order valence-electron chi connectivity index (χ2n) is 3.99. The van der Waals surface area contributed by atoms with Crippen molar-refractivity contribution < 1.29 is 9.13 Å². The largest absolute Gasteiger partial charge is 0.481 e. The van der Waals surface area contributed by atoms with Crippen LogP contribution in [0.5, 0.6) is 5.88 Å². The van der Waals surface area contributed by atoms with Gasteiger partial charge in [0.15, 0.2) is 0 Å². The molecule has 0 amide bonds. The van der Waals surface area contributed by atoms with Crippen molar-refractivity contribution in [3.05, 3.63) is 57.9 Å². The van der Waals surface area contributed by atoms with Crippen molar-refractivity contribution in [3.8, 4) is 5.88 Å². The molecule has 1 atom stereocenters. The highest BCUT2D eigenvalue weighted by Gasteiger charge is 2.20. The van der Waals surface area contributed by atoms with E-state index in [9.17, 15) is 4.39 Å². The Morgan fingerprint density at radius 3 is 2.79 bits per heavy atom. The Kier molecular flexibility index (Phi) is 4.50. The fraction of sp³-hybridized carbons (Fsp3) is 0.214. The predicted octanol–water partition coefficient (Wildman–Crippen LogP) is 3.30. The van der Waals surface area contributed by atoms with Gasteiger partial charge in [-0.3, -0.25) is 0 Å². The summed E-state index contributed by atoms with van der Waals surface area (Å²) in [7, 11) is 3.33. The maximum Gasteiger partial charge on any atom is 0.218 e. The van der Waals surface area contributed by atoms with E-state index in [2.05, 4.69) is 26.2 Å². The van der Waals surface area contributed by atoms with E-state index >= 15 is 0 Å². The van der Waals surface area contributed by atoms with Crippen LogP contribution in [0, 0.1) is 5.82 Å². The first-order chi connectivity index (χ1) is 9.17. The maximum atomic E-state index is 14.0. The number of aromatic nitrogens is 1. The lowest BCUT2D eigenvalue weighted by Crippen LogP contribution is -2.20. The molecule has 1 N–H and O–H groups in total. The van der Waals surface area contributed by atoms with Gasteiger partial charge in [0.2, 0.25) is 5.88 Å². The van der Waals surface area contributed by atoms with Crippen LogP contribution in [-0.2, 0) is 0 Å². The molecule has 0 radical (unpaired) electrons. The zero-order chi connectivity index (χ0) is 13.8. The monoisotopic (exact) mass is 324 g/mol. The van der Waals surface area contributed by atoms with Crippen molar-refractivity contribution in [3.63, 3.8) is 0 Å². The number of halogens is 2. The van der Waals surface area contributed by atoms with Crippen molar-refractivity contribution in [2.45, 2.75) is 6.04 Å². The summed E-state index contributed by atoms with van der Waals surface area (Å²) >= 11 is 3.36. The molecule has 1 aromatic heterocycles. The zero-order valence-corrected chi connectivity index (χ0v) is 12.2. The van der Waals surface area contributed by atoms with Crippen LogP contribution < -0.4 is 10.1 Å². The summed E-state index contributed by atoms with van der Waals surface area (Å²) in [6, 6.07) is 8.22. The Hall–Kier alpha value is -1.46. The second-order valence-corrected chi connectivity index (χ2v) is 4.91. The molecule has 1 unspecified atom stereocenters. The highest BCUT2D eigenvalue weighted by Crippen LogP contribution is 2.30. The smallest absolute Gasteiger partial charge is 0.218 e. The Balaban J connectivity index is 2.53. The highest BCUT2D eigenvalue weighted by atomic mass is 79.9. The average Bonchev–Trinajstić information content (AvgIpc) is 2.44. The third-order valence-electron chi connectivity index (χ3n) is 2.86. The molecule has 1 aromatic carbocycles. The Morgan fingerprint density at radius 1 is 1.32 bits per heavy atom. The number of nitrogens with zero attached hydrogens (tertiary/aromatic N) is 1. The lowest BCUT2D eigenvalue weighted by atomic mass is 9.99.